The number of rotatable bonds is 5. The first-order valence-electron chi connectivity index (χ1n) is 8.53. The van der Waals surface area contributed by atoms with Gasteiger partial charge in [0.2, 0.25) is 0 Å². The van der Waals surface area contributed by atoms with E-state index in [4.69, 9.17) is 9.72 Å². The van der Waals surface area contributed by atoms with E-state index in [1.807, 2.05) is 36.4 Å². The van der Waals surface area contributed by atoms with Gasteiger partial charge in [-0.15, -0.1) is 11.3 Å². The Balaban J connectivity index is 1.53. The SMILES string of the molecule is CCOC(=O)/C=C/c1ccc2c(c1)Cc1sc(Nc3ccccc3)nc1-2. The third kappa shape index (κ3) is 3.39. The van der Waals surface area contributed by atoms with Crippen molar-refractivity contribution in [1.82, 2.24) is 4.98 Å². The van der Waals surface area contributed by atoms with E-state index in [0.29, 0.717) is 6.61 Å². The fraction of sp³-hybridized carbons (Fsp3) is 0.143. The summed E-state index contributed by atoms with van der Waals surface area (Å²) >= 11 is 1.69. The summed E-state index contributed by atoms with van der Waals surface area (Å²) in [6.07, 6.45) is 4.14. The fourth-order valence-electron chi connectivity index (χ4n) is 3.00. The van der Waals surface area contributed by atoms with Crippen molar-refractivity contribution in [3.8, 4) is 11.3 Å². The van der Waals surface area contributed by atoms with E-state index in [-0.39, 0.29) is 5.97 Å². The van der Waals surface area contributed by atoms with Crippen molar-refractivity contribution in [1.29, 1.82) is 0 Å². The first kappa shape index (κ1) is 16.5. The van der Waals surface area contributed by atoms with Gasteiger partial charge in [-0.3, -0.25) is 0 Å². The molecule has 1 aromatic heterocycles. The maximum atomic E-state index is 11.5. The van der Waals surface area contributed by atoms with E-state index in [1.165, 1.54) is 22.1 Å². The zero-order chi connectivity index (χ0) is 17.9. The molecule has 130 valence electrons. The molecule has 1 N–H and O–H groups in total. The maximum absolute atomic E-state index is 11.5. The lowest BCUT2D eigenvalue weighted by atomic mass is 10.1. The number of nitrogens with one attached hydrogen (secondary N) is 1. The molecule has 0 aliphatic heterocycles. The molecule has 0 unspecified atom stereocenters. The molecule has 0 atom stereocenters. The number of carbonyl (C=O) groups is 1. The van der Waals surface area contributed by atoms with Gasteiger partial charge in [0.1, 0.15) is 0 Å². The van der Waals surface area contributed by atoms with E-state index in [0.717, 1.165) is 28.5 Å². The summed E-state index contributed by atoms with van der Waals surface area (Å²) in [6, 6.07) is 16.3. The molecule has 5 heteroatoms. The maximum Gasteiger partial charge on any atom is 0.330 e. The highest BCUT2D eigenvalue weighted by Crippen LogP contribution is 2.42. The van der Waals surface area contributed by atoms with E-state index >= 15 is 0 Å². The molecular weight excluding hydrogens is 344 g/mol. The Morgan fingerprint density at radius 3 is 2.92 bits per heavy atom. The topological polar surface area (TPSA) is 51.2 Å². The molecule has 4 rings (SSSR count). The standard InChI is InChI=1S/C21H18N2O2S/c1-2-25-19(24)11-9-14-8-10-17-15(12-14)13-18-20(17)23-21(26-18)22-16-6-4-3-5-7-16/h3-12H,2,13H2,1H3,(H,22,23)/b11-9+. The largest absolute Gasteiger partial charge is 0.463 e. The first-order valence-corrected chi connectivity index (χ1v) is 9.34. The number of benzene rings is 2. The lowest BCUT2D eigenvalue weighted by molar-refractivity contribution is -0.137. The van der Waals surface area contributed by atoms with Gasteiger partial charge in [0.15, 0.2) is 5.13 Å². The van der Waals surface area contributed by atoms with Crippen LogP contribution in [0, 0.1) is 0 Å². The molecule has 1 heterocycles. The summed E-state index contributed by atoms with van der Waals surface area (Å²) in [7, 11) is 0. The van der Waals surface area contributed by atoms with Crippen LogP contribution in [0.15, 0.2) is 54.6 Å². The number of hydrogen-bond donors (Lipinski definition) is 1. The molecule has 0 spiro atoms. The zero-order valence-corrected chi connectivity index (χ0v) is 15.2. The van der Waals surface area contributed by atoms with Crippen LogP contribution in [-0.4, -0.2) is 17.6 Å². The molecule has 4 nitrogen and oxygen atoms in total. The van der Waals surface area contributed by atoms with Crippen molar-refractivity contribution < 1.29 is 9.53 Å². The van der Waals surface area contributed by atoms with Gasteiger partial charge in [-0.05, 0) is 36.3 Å². The Bertz CT molecular complexity index is 977. The quantitative estimate of drug-likeness (QED) is 0.399. The molecule has 0 saturated carbocycles. The summed E-state index contributed by atoms with van der Waals surface area (Å²) in [4.78, 5) is 17.5. The monoisotopic (exact) mass is 362 g/mol. The number of anilines is 2. The van der Waals surface area contributed by atoms with Crippen molar-refractivity contribution >= 4 is 34.2 Å². The van der Waals surface area contributed by atoms with Crippen molar-refractivity contribution in [2.75, 3.05) is 11.9 Å². The average Bonchev–Trinajstić information content (AvgIpc) is 3.17. The predicted molar refractivity (Wildman–Crippen MR) is 106 cm³/mol. The third-order valence-electron chi connectivity index (χ3n) is 4.16. The van der Waals surface area contributed by atoms with Crippen LogP contribution in [0.4, 0.5) is 10.8 Å². The second-order valence-corrected chi connectivity index (χ2v) is 7.04. The van der Waals surface area contributed by atoms with Gasteiger partial charge < -0.3 is 10.1 Å². The second kappa shape index (κ2) is 7.14. The Morgan fingerprint density at radius 1 is 1.27 bits per heavy atom. The molecule has 1 aliphatic rings. The number of ether oxygens (including phenoxy) is 1. The first-order chi connectivity index (χ1) is 12.7. The van der Waals surface area contributed by atoms with Crippen LogP contribution < -0.4 is 5.32 Å². The van der Waals surface area contributed by atoms with Crippen LogP contribution in [0.5, 0.6) is 0 Å². The van der Waals surface area contributed by atoms with Gasteiger partial charge in [-0.1, -0.05) is 36.4 Å². The van der Waals surface area contributed by atoms with Crippen LogP contribution >= 0.6 is 11.3 Å². The molecule has 0 radical (unpaired) electrons. The Morgan fingerprint density at radius 2 is 2.12 bits per heavy atom. The van der Waals surface area contributed by atoms with Crippen LogP contribution in [0.1, 0.15) is 22.9 Å². The molecule has 0 bridgehead atoms. The summed E-state index contributed by atoms with van der Waals surface area (Å²) in [5, 5.41) is 4.28. The average molecular weight is 362 g/mol. The summed E-state index contributed by atoms with van der Waals surface area (Å²) in [5.74, 6) is -0.314. The summed E-state index contributed by atoms with van der Waals surface area (Å²) in [6.45, 7) is 2.19. The molecule has 0 saturated heterocycles. The molecule has 1 aliphatic carbocycles. The lowest BCUT2D eigenvalue weighted by Crippen LogP contribution is -1.98. The van der Waals surface area contributed by atoms with E-state index in [2.05, 4.69) is 17.4 Å². The van der Waals surface area contributed by atoms with E-state index in [1.54, 1.807) is 24.3 Å². The minimum atomic E-state index is -0.314. The third-order valence-corrected chi connectivity index (χ3v) is 5.13. The van der Waals surface area contributed by atoms with Crippen LogP contribution in [0.3, 0.4) is 0 Å². The van der Waals surface area contributed by atoms with Crippen LogP contribution in [-0.2, 0) is 16.0 Å². The van der Waals surface area contributed by atoms with Crippen LogP contribution in [0.2, 0.25) is 0 Å². The van der Waals surface area contributed by atoms with E-state index < -0.39 is 0 Å². The van der Waals surface area contributed by atoms with Crippen molar-refractivity contribution in [3.05, 3.63) is 70.6 Å². The highest BCUT2D eigenvalue weighted by Gasteiger charge is 2.23. The van der Waals surface area contributed by atoms with E-state index in [9.17, 15) is 4.79 Å². The number of para-hydroxylation sites is 1. The van der Waals surface area contributed by atoms with Crippen LogP contribution in [0.25, 0.3) is 17.3 Å². The number of hydrogen-bond acceptors (Lipinski definition) is 5. The Hall–Kier alpha value is -2.92. The van der Waals surface area contributed by atoms with Crippen molar-refractivity contribution in [2.45, 2.75) is 13.3 Å². The molecule has 26 heavy (non-hydrogen) atoms. The minimum absolute atomic E-state index is 0.314. The van der Waals surface area contributed by atoms with Gasteiger partial charge in [0.25, 0.3) is 0 Å². The lowest BCUT2D eigenvalue weighted by Gasteiger charge is -2.03. The van der Waals surface area contributed by atoms with Crippen molar-refractivity contribution in [3.63, 3.8) is 0 Å². The van der Waals surface area contributed by atoms with Crippen molar-refractivity contribution in [2.24, 2.45) is 0 Å². The fourth-order valence-corrected chi connectivity index (χ4v) is 4.02. The molecule has 0 fully saturated rings. The number of thiazole rings is 1. The van der Waals surface area contributed by atoms with Gasteiger partial charge in [-0.2, -0.15) is 0 Å². The number of esters is 1. The highest BCUT2D eigenvalue weighted by molar-refractivity contribution is 7.16. The van der Waals surface area contributed by atoms with Gasteiger partial charge in [0.05, 0.1) is 12.3 Å². The summed E-state index contributed by atoms with van der Waals surface area (Å²) < 4.78 is 4.92. The van der Waals surface area contributed by atoms with Gasteiger partial charge >= 0.3 is 5.97 Å². The number of fused-ring (bicyclic) bond motifs is 3. The van der Waals surface area contributed by atoms with Gasteiger partial charge in [-0.25, -0.2) is 9.78 Å². The molecule has 3 aromatic rings. The Labute approximate surface area is 156 Å². The molecule has 0 amide bonds. The number of nitrogens with zero attached hydrogens (tertiary/aromatic N) is 1. The normalized spacial score (nSPS) is 12.0. The van der Waals surface area contributed by atoms with Gasteiger partial charge in [0, 0.05) is 28.6 Å². The smallest absolute Gasteiger partial charge is 0.330 e. The second-order valence-electron chi connectivity index (χ2n) is 5.96. The minimum Gasteiger partial charge on any atom is -0.463 e. The molecular formula is C21H18N2O2S. The predicted octanol–water partition coefficient (Wildman–Crippen LogP) is 5.03. The number of carbonyl (C=O) groups excluding carboxylic acids is 1. The molecule has 2 aromatic carbocycles. The zero-order valence-electron chi connectivity index (χ0n) is 14.4. The highest BCUT2D eigenvalue weighted by atomic mass is 32.1. The summed E-state index contributed by atoms with van der Waals surface area (Å²) in [5.41, 5.74) is 5.51. The number of aromatic nitrogens is 1. The Kier molecular flexibility index (Phi) is 4.54.